The number of nitrogens with one attached hydrogen (secondary N) is 1. The molecular formula is C17H33IN6O2. The van der Waals surface area contributed by atoms with E-state index in [2.05, 4.69) is 39.1 Å². The maximum Gasteiger partial charge on any atom is 0.194 e. The number of methoxy groups -OCH3 is 1. The zero-order valence-corrected chi connectivity index (χ0v) is 18.5. The molecule has 26 heavy (non-hydrogen) atoms. The third-order valence-corrected chi connectivity index (χ3v) is 4.30. The minimum Gasteiger partial charge on any atom is -0.383 e. The molecule has 150 valence electrons. The van der Waals surface area contributed by atoms with Crippen LogP contribution in [0.1, 0.15) is 12.6 Å². The molecule has 0 saturated carbocycles. The quantitative estimate of drug-likeness (QED) is 0.321. The van der Waals surface area contributed by atoms with Crippen LogP contribution in [0.4, 0.5) is 0 Å². The Morgan fingerprint density at radius 3 is 2.73 bits per heavy atom. The van der Waals surface area contributed by atoms with Gasteiger partial charge in [0.25, 0.3) is 0 Å². The molecule has 1 aromatic rings. The van der Waals surface area contributed by atoms with Crippen molar-refractivity contribution in [3.8, 4) is 0 Å². The van der Waals surface area contributed by atoms with E-state index in [-0.39, 0.29) is 24.0 Å². The molecule has 0 amide bonds. The first-order chi connectivity index (χ1) is 12.2. The highest BCUT2D eigenvalue weighted by Crippen LogP contribution is 2.07. The highest BCUT2D eigenvalue weighted by molar-refractivity contribution is 14.0. The number of guanidine groups is 1. The Morgan fingerprint density at radius 1 is 1.35 bits per heavy atom. The number of rotatable bonds is 9. The summed E-state index contributed by atoms with van der Waals surface area (Å²) in [7, 11) is 3.83. The topological polar surface area (TPSA) is 69.4 Å². The van der Waals surface area contributed by atoms with Gasteiger partial charge in [-0.25, -0.2) is 0 Å². The van der Waals surface area contributed by atoms with Gasteiger partial charge in [-0.15, -0.1) is 24.0 Å². The molecule has 2 heterocycles. The van der Waals surface area contributed by atoms with E-state index in [1.807, 2.05) is 6.07 Å². The van der Waals surface area contributed by atoms with Crippen molar-refractivity contribution in [1.82, 2.24) is 25.2 Å². The Bertz CT molecular complexity index is 491. The van der Waals surface area contributed by atoms with Crippen LogP contribution in [-0.4, -0.2) is 98.9 Å². The molecule has 0 unspecified atom stereocenters. The number of ether oxygens (including phenoxy) is 1. The van der Waals surface area contributed by atoms with Gasteiger partial charge in [-0.2, -0.15) is 0 Å². The second-order valence-electron chi connectivity index (χ2n) is 6.29. The van der Waals surface area contributed by atoms with Gasteiger partial charge in [0.2, 0.25) is 0 Å². The summed E-state index contributed by atoms with van der Waals surface area (Å²) in [4.78, 5) is 11.8. The van der Waals surface area contributed by atoms with Crippen LogP contribution in [-0.2, 0) is 11.3 Å². The molecule has 1 fully saturated rings. The molecular weight excluding hydrogens is 447 g/mol. The first-order valence-corrected chi connectivity index (χ1v) is 9.05. The van der Waals surface area contributed by atoms with Gasteiger partial charge in [-0.1, -0.05) is 5.16 Å². The molecule has 0 aliphatic carbocycles. The van der Waals surface area contributed by atoms with Crippen LogP contribution in [0, 0.1) is 0 Å². The van der Waals surface area contributed by atoms with Crippen LogP contribution in [0.5, 0.6) is 0 Å². The summed E-state index contributed by atoms with van der Waals surface area (Å²) in [6, 6.07) is 1.93. The van der Waals surface area contributed by atoms with Gasteiger partial charge < -0.3 is 24.4 Å². The highest BCUT2D eigenvalue weighted by atomic mass is 127. The lowest BCUT2D eigenvalue weighted by atomic mass is 10.3. The van der Waals surface area contributed by atoms with Crippen molar-refractivity contribution in [3.63, 3.8) is 0 Å². The van der Waals surface area contributed by atoms with Gasteiger partial charge >= 0.3 is 0 Å². The lowest BCUT2D eigenvalue weighted by molar-refractivity contribution is 0.162. The minimum atomic E-state index is 0. The lowest BCUT2D eigenvalue weighted by Gasteiger charge is -2.36. The zero-order chi connectivity index (χ0) is 17.9. The number of likely N-dealkylation sites (N-methyl/N-ethyl adjacent to an activating group) is 1. The molecule has 1 N–H and O–H groups in total. The standard InChI is InChI=1S/C17H32N6O2.HI/c1-4-18-17(19-6-7-21(2)12-14-24-3)23-10-8-22(9-11-23)15-16-5-13-25-20-16;/h5,13H,4,6-12,14-15H2,1-3H3,(H,18,19);1H. The summed E-state index contributed by atoms with van der Waals surface area (Å²) in [6.45, 7) is 11.2. The van der Waals surface area contributed by atoms with Crippen molar-refractivity contribution in [3.05, 3.63) is 18.0 Å². The van der Waals surface area contributed by atoms with Crippen LogP contribution in [0.25, 0.3) is 0 Å². The molecule has 2 rings (SSSR count). The molecule has 9 heteroatoms. The molecule has 1 aliphatic heterocycles. The van der Waals surface area contributed by atoms with Gasteiger partial charge in [0.1, 0.15) is 6.26 Å². The Hall–Kier alpha value is -0.910. The van der Waals surface area contributed by atoms with Crippen molar-refractivity contribution in [2.75, 3.05) is 73.1 Å². The van der Waals surface area contributed by atoms with E-state index in [0.717, 1.165) is 77.2 Å². The number of hydrogen-bond donors (Lipinski definition) is 1. The predicted molar refractivity (Wildman–Crippen MR) is 114 cm³/mol. The van der Waals surface area contributed by atoms with E-state index in [4.69, 9.17) is 14.3 Å². The fourth-order valence-corrected chi connectivity index (χ4v) is 2.78. The summed E-state index contributed by atoms with van der Waals surface area (Å²) >= 11 is 0. The van der Waals surface area contributed by atoms with Crippen molar-refractivity contribution < 1.29 is 9.26 Å². The Morgan fingerprint density at radius 2 is 2.12 bits per heavy atom. The number of piperazine rings is 1. The first kappa shape index (κ1) is 23.1. The normalized spacial score (nSPS) is 16.0. The summed E-state index contributed by atoms with van der Waals surface area (Å²) in [5, 5.41) is 7.41. The van der Waals surface area contributed by atoms with Crippen molar-refractivity contribution in [1.29, 1.82) is 0 Å². The molecule has 1 aliphatic rings. The summed E-state index contributed by atoms with van der Waals surface area (Å²) in [6.07, 6.45) is 1.63. The third kappa shape index (κ3) is 8.19. The summed E-state index contributed by atoms with van der Waals surface area (Å²) in [5.74, 6) is 1.02. The van der Waals surface area contributed by atoms with Crippen LogP contribution in [0.15, 0.2) is 21.8 Å². The molecule has 0 aromatic carbocycles. The Balaban J connectivity index is 0.00000338. The fourth-order valence-electron chi connectivity index (χ4n) is 2.78. The molecule has 0 bridgehead atoms. The fraction of sp³-hybridized carbons (Fsp3) is 0.765. The molecule has 0 radical (unpaired) electrons. The molecule has 8 nitrogen and oxygen atoms in total. The van der Waals surface area contributed by atoms with E-state index in [0.29, 0.717) is 0 Å². The maximum absolute atomic E-state index is 5.11. The summed E-state index contributed by atoms with van der Waals surface area (Å²) in [5.41, 5.74) is 0.994. The number of aliphatic imine (C=N–C) groups is 1. The van der Waals surface area contributed by atoms with Gasteiger partial charge in [0.05, 0.1) is 18.8 Å². The van der Waals surface area contributed by atoms with Crippen LogP contribution in [0.3, 0.4) is 0 Å². The van der Waals surface area contributed by atoms with Crippen LogP contribution >= 0.6 is 24.0 Å². The number of halogens is 1. The monoisotopic (exact) mass is 480 g/mol. The molecule has 0 spiro atoms. The minimum absolute atomic E-state index is 0. The van der Waals surface area contributed by atoms with Crippen LogP contribution < -0.4 is 5.32 Å². The number of hydrogen-bond acceptors (Lipinski definition) is 6. The van der Waals surface area contributed by atoms with Gasteiger partial charge in [0.15, 0.2) is 5.96 Å². The van der Waals surface area contributed by atoms with E-state index in [9.17, 15) is 0 Å². The second kappa shape index (κ2) is 13.3. The second-order valence-corrected chi connectivity index (χ2v) is 6.29. The largest absolute Gasteiger partial charge is 0.383 e. The first-order valence-electron chi connectivity index (χ1n) is 9.05. The predicted octanol–water partition coefficient (Wildman–Crippen LogP) is 0.954. The van der Waals surface area contributed by atoms with Gasteiger partial charge in [-0.3, -0.25) is 9.89 Å². The third-order valence-electron chi connectivity index (χ3n) is 4.30. The Labute approximate surface area is 173 Å². The van der Waals surface area contributed by atoms with Crippen molar-refractivity contribution in [2.45, 2.75) is 13.5 Å². The van der Waals surface area contributed by atoms with E-state index in [1.165, 1.54) is 0 Å². The zero-order valence-electron chi connectivity index (χ0n) is 16.2. The molecule has 1 saturated heterocycles. The average Bonchev–Trinajstić information content (AvgIpc) is 3.13. The smallest absolute Gasteiger partial charge is 0.194 e. The average molecular weight is 480 g/mol. The number of nitrogens with zero attached hydrogens (tertiary/aromatic N) is 5. The van der Waals surface area contributed by atoms with E-state index < -0.39 is 0 Å². The van der Waals surface area contributed by atoms with Crippen molar-refractivity contribution in [2.24, 2.45) is 4.99 Å². The number of aromatic nitrogens is 1. The van der Waals surface area contributed by atoms with E-state index in [1.54, 1.807) is 13.4 Å². The molecule has 0 atom stereocenters. The Kier molecular flexibility index (Phi) is 11.8. The lowest BCUT2D eigenvalue weighted by Crippen LogP contribution is -2.52. The van der Waals surface area contributed by atoms with Gasteiger partial charge in [-0.05, 0) is 14.0 Å². The highest BCUT2D eigenvalue weighted by Gasteiger charge is 2.20. The van der Waals surface area contributed by atoms with Gasteiger partial charge in [0, 0.05) is 65.5 Å². The SMILES string of the molecule is CCNC(=NCCN(C)CCOC)N1CCN(Cc2ccon2)CC1.I. The van der Waals surface area contributed by atoms with Crippen molar-refractivity contribution >= 4 is 29.9 Å². The van der Waals surface area contributed by atoms with E-state index >= 15 is 0 Å². The maximum atomic E-state index is 5.11. The van der Waals surface area contributed by atoms with Crippen LogP contribution in [0.2, 0.25) is 0 Å². The molecule has 1 aromatic heterocycles. The summed E-state index contributed by atoms with van der Waals surface area (Å²) < 4.78 is 10.0.